The minimum atomic E-state index is -2.84. The van der Waals surface area contributed by atoms with Crippen molar-refractivity contribution in [3.63, 3.8) is 0 Å². The molecule has 0 aliphatic carbocycles. The lowest BCUT2D eigenvalue weighted by Gasteiger charge is -2.12. The molecule has 1 atom stereocenters. The summed E-state index contributed by atoms with van der Waals surface area (Å²) in [5, 5.41) is 3.20. The molecule has 18 heavy (non-hydrogen) atoms. The fraction of sp³-hybridized carbons (Fsp3) is 0.571. The standard InChI is InChI=1S/C14H23NO2S/c1-13(12-15-10-11-18(2,16)17)8-9-14-6-4-3-5-7-14/h3-7,13,15H,8-12H2,1-2H3. The van der Waals surface area contributed by atoms with E-state index in [0.29, 0.717) is 12.5 Å². The van der Waals surface area contributed by atoms with Gasteiger partial charge in [-0.2, -0.15) is 0 Å². The van der Waals surface area contributed by atoms with Crippen LogP contribution < -0.4 is 5.32 Å². The first-order valence-electron chi connectivity index (χ1n) is 6.40. The average Bonchev–Trinajstić information content (AvgIpc) is 2.32. The zero-order chi connectivity index (χ0) is 13.4. The van der Waals surface area contributed by atoms with E-state index in [2.05, 4.69) is 36.5 Å². The number of benzene rings is 1. The van der Waals surface area contributed by atoms with Crippen LogP contribution in [-0.4, -0.2) is 33.5 Å². The number of hydrogen-bond donors (Lipinski definition) is 1. The van der Waals surface area contributed by atoms with Gasteiger partial charge >= 0.3 is 0 Å². The molecule has 1 rings (SSSR count). The van der Waals surface area contributed by atoms with Crippen molar-refractivity contribution in [2.24, 2.45) is 5.92 Å². The second-order valence-corrected chi connectivity index (χ2v) is 7.22. The Morgan fingerprint density at radius 2 is 1.89 bits per heavy atom. The topological polar surface area (TPSA) is 46.2 Å². The van der Waals surface area contributed by atoms with E-state index in [0.717, 1.165) is 19.4 Å². The minimum Gasteiger partial charge on any atom is -0.315 e. The van der Waals surface area contributed by atoms with Crippen LogP contribution in [0.4, 0.5) is 0 Å². The highest BCUT2D eigenvalue weighted by Gasteiger charge is 2.04. The third-order valence-electron chi connectivity index (χ3n) is 2.91. The van der Waals surface area contributed by atoms with Gasteiger partial charge in [0.1, 0.15) is 9.84 Å². The van der Waals surface area contributed by atoms with E-state index in [1.54, 1.807) is 0 Å². The van der Waals surface area contributed by atoms with Crippen LogP contribution in [0.25, 0.3) is 0 Å². The minimum absolute atomic E-state index is 0.221. The third kappa shape index (κ3) is 7.45. The van der Waals surface area contributed by atoms with Crippen molar-refractivity contribution in [3.8, 4) is 0 Å². The quantitative estimate of drug-likeness (QED) is 0.733. The van der Waals surface area contributed by atoms with Crippen LogP contribution in [0.2, 0.25) is 0 Å². The van der Waals surface area contributed by atoms with Gasteiger partial charge in [0, 0.05) is 12.8 Å². The number of nitrogens with one attached hydrogen (secondary N) is 1. The Labute approximate surface area is 111 Å². The zero-order valence-corrected chi connectivity index (χ0v) is 12.0. The monoisotopic (exact) mass is 269 g/mol. The maximum atomic E-state index is 10.9. The van der Waals surface area contributed by atoms with E-state index < -0.39 is 9.84 Å². The molecule has 0 fully saturated rings. The van der Waals surface area contributed by atoms with E-state index in [4.69, 9.17) is 0 Å². The van der Waals surface area contributed by atoms with Gasteiger partial charge in [-0.1, -0.05) is 37.3 Å². The Hall–Kier alpha value is -0.870. The molecule has 0 aromatic heterocycles. The molecule has 1 aromatic carbocycles. The van der Waals surface area contributed by atoms with E-state index >= 15 is 0 Å². The molecule has 102 valence electrons. The lowest BCUT2D eigenvalue weighted by atomic mass is 10.0. The molecule has 0 bridgehead atoms. The molecule has 1 unspecified atom stereocenters. The van der Waals surface area contributed by atoms with Crippen LogP contribution in [0.1, 0.15) is 18.9 Å². The maximum Gasteiger partial charge on any atom is 0.148 e. The molecule has 0 aliphatic rings. The Morgan fingerprint density at radius 1 is 1.22 bits per heavy atom. The fourth-order valence-corrected chi connectivity index (χ4v) is 2.28. The molecule has 0 amide bonds. The van der Waals surface area contributed by atoms with E-state index in [1.807, 2.05) is 6.07 Å². The van der Waals surface area contributed by atoms with E-state index in [9.17, 15) is 8.42 Å². The van der Waals surface area contributed by atoms with Crippen molar-refractivity contribution in [3.05, 3.63) is 35.9 Å². The van der Waals surface area contributed by atoms with Gasteiger partial charge in [0.15, 0.2) is 0 Å². The lowest BCUT2D eigenvalue weighted by molar-refractivity contribution is 0.488. The van der Waals surface area contributed by atoms with Crippen molar-refractivity contribution in [1.29, 1.82) is 0 Å². The van der Waals surface area contributed by atoms with Crippen LogP contribution in [-0.2, 0) is 16.3 Å². The van der Waals surface area contributed by atoms with E-state index in [1.165, 1.54) is 11.8 Å². The molecular formula is C14H23NO2S. The first-order chi connectivity index (χ1) is 8.47. The van der Waals surface area contributed by atoms with Gasteiger partial charge in [-0.3, -0.25) is 0 Å². The lowest BCUT2D eigenvalue weighted by Crippen LogP contribution is -2.27. The summed E-state index contributed by atoms with van der Waals surface area (Å²) < 4.78 is 21.9. The normalized spacial score (nSPS) is 13.4. The van der Waals surface area contributed by atoms with Crippen LogP contribution in [0.15, 0.2) is 30.3 Å². The molecule has 1 N–H and O–H groups in total. The third-order valence-corrected chi connectivity index (χ3v) is 3.86. The van der Waals surface area contributed by atoms with Crippen molar-refractivity contribution in [2.45, 2.75) is 19.8 Å². The second-order valence-electron chi connectivity index (χ2n) is 4.96. The van der Waals surface area contributed by atoms with Crippen LogP contribution in [0.5, 0.6) is 0 Å². The fourth-order valence-electron chi connectivity index (χ4n) is 1.77. The average molecular weight is 269 g/mol. The second kappa shape index (κ2) is 7.54. The largest absolute Gasteiger partial charge is 0.315 e. The summed E-state index contributed by atoms with van der Waals surface area (Å²) in [5.74, 6) is 0.781. The number of aryl methyl sites for hydroxylation is 1. The van der Waals surface area contributed by atoms with Crippen molar-refractivity contribution in [1.82, 2.24) is 5.32 Å². The highest BCUT2D eigenvalue weighted by Crippen LogP contribution is 2.08. The molecule has 4 heteroatoms. The number of hydrogen-bond acceptors (Lipinski definition) is 3. The maximum absolute atomic E-state index is 10.9. The smallest absolute Gasteiger partial charge is 0.148 e. The molecule has 0 saturated carbocycles. The van der Waals surface area contributed by atoms with Crippen molar-refractivity contribution >= 4 is 9.84 Å². The Kier molecular flexibility index (Phi) is 6.36. The van der Waals surface area contributed by atoms with Gasteiger partial charge < -0.3 is 5.32 Å². The van der Waals surface area contributed by atoms with Crippen LogP contribution in [0.3, 0.4) is 0 Å². The molecular weight excluding hydrogens is 246 g/mol. The van der Waals surface area contributed by atoms with Crippen LogP contribution in [0, 0.1) is 5.92 Å². The Bertz CT molecular complexity index is 428. The molecule has 0 heterocycles. The van der Waals surface area contributed by atoms with Gasteiger partial charge in [0.05, 0.1) is 5.75 Å². The first kappa shape index (κ1) is 15.2. The predicted molar refractivity (Wildman–Crippen MR) is 76.5 cm³/mol. The predicted octanol–water partition coefficient (Wildman–Crippen LogP) is 1.89. The summed E-state index contributed by atoms with van der Waals surface area (Å²) >= 11 is 0. The van der Waals surface area contributed by atoms with Crippen molar-refractivity contribution < 1.29 is 8.42 Å². The summed E-state index contributed by atoms with van der Waals surface area (Å²) in [6, 6.07) is 10.4. The van der Waals surface area contributed by atoms with Gasteiger partial charge in [0.25, 0.3) is 0 Å². The molecule has 0 radical (unpaired) electrons. The Morgan fingerprint density at radius 3 is 2.50 bits per heavy atom. The molecule has 0 saturated heterocycles. The molecule has 1 aromatic rings. The highest BCUT2D eigenvalue weighted by atomic mass is 32.2. The summed E-state index contributed by atoms with van der Waals surface area (Å²) in [5.41, 5.74) is 1.36. The zero-order valence-electron chi connectivity index (χ0n) is 11.2. The summed E-state index contributed by atoms with van der Waals surface area (Å²) in [4.78, 5) is 0. The van der Waals surface area contributed by atoms with E-state index in [-0.39, 0.29) is 5.75 Å². The first-order valence-corrected chi connectivity index (χ1v) is 8.46. The Balaban J connectivity index is 2.13. The van der Waals surface area contributed by atoms with Gasteiger partial charge in [-0.25, -0.2) is 8.42 Å². The number of sulfone groups is 1. The summed E-state index contributed by atoms with van der Waals surface area (Å²) in [6.07, 6.45) is 3.47. The van der Waals surface area contributed by atoms with Gasteiger partial charge in [-0.15, -0.1) is 0 Å². The number of rotatable bonds is 8. The SMILES string of the molecule is CC(CCc1ccccc1)CNCCS(C)(=O)=O. The highest BCUT2D eigenvalue weighted by molar-refractivity contribution is 7.90. The summed E-state index contributed by atoms with van der Waals surface area (Å²) in [7, 11) is -2.84. The van der Waals surface area contributed by atoms with Gasteiger partial charge in [-0.05, 0) is 30.9 Å². The van der Waals surface area contributed by atoms with Crippen molar-refractivity contribution in [2.75, 3.05) is 25.1 Å². The summed E-state index contributed by atoms with van der Waals surface area (Å²) in [6.45, 7) is 3.62. The van der Waals surface area contributed by atoms with Gasteiger partial charge in [0.2, 0.25) is 0 Å². The molecule has 3 nitrogen and oxygen atoms in total. The van der Waals surface area contributed by atoms with Crippen LogP contribution >= 0.6 is 0 Å². The molecule has 0 spiro atoms. The molecule has 0 aliphatic heterocycles.